The quantitative estimate of drug-likeness (QED) is 0.447. The number of benzene rings is 2. The van der Waals surface area contributed by atoms with Crippen molar-refractivity contribution in [3.8, 4) is 6.07 Å². The van der Waals surface area contributed by atoms with E-state index in [1.54, 1.807) is 6.92 Å². The van der Waals surface area contributed by atoms with E-state index in [-0.39, 0.29) is 28.0 Å². The van der Waals surface area contributed by atoms with Gasteiger partial charge in [-0.1, -0.05) is 0 Å². The second kappa shape index (κ2) is 9.72. The number of halogens is 4. The van der Waals surface area contributed by atoms with E-state index in [2.05, 4.69) is 10.6 Å². The molecule has 0 aliphatic carbocycles. The number of nitrogens with one attached hydrogen (secondary N) is 2. The number of rotatable bonds is 5. The van der Waals surface area contributed by atoms with Crippen molar-refractivity contribution in [2.75, 3.05) is 29.9 Å². The van der Waals surface area contributed by atoms with Crippen LogP contribution in [0, 0.1) is 23.1 Å². The van der Waals surface area contributed by atoms with Crippen LogP contribution in [-0.2, 0) is 11.0 Å². The lowest BCUT2D eigenvalue weighted by molar-refractivity contribution is -0.137. The summed E-state index contributed by atoms with van der Waals surface area (Å²) in [4.78, 5) is 28.3. The number of hydrogen-bond donors (Lipinski definition) is 2. The SMILES string of the molecule is CNC(=O)c1ccc(N2C(=S)N(c3ccc(C#N)c(C(F)(F)F)c3)C(=O)C2(C)CC2CCNC2)cc1F. The molecule has 0 spiro atoms. The Hall–Kier alpha value is -3.56. The molecule has 2 amide bonds. The predicted octanol–water partition coefficient (Wildman–Crippen LogP) is 3.97. The van der Waals surface area contributed by atoms with Gasteiger partial charge in [-0.2, -0.15) is 18.4 Å². The van der Waals surface area contributed by atoms with Gasteiger partial charge >= 0.3 is 6.18 Å². The molecular weight excluding hydrogens is 510 g/mol. The van der Waals surface area contributed by atoms with Gasteiger partial charge in [0.1, 0.15) is 11.4 Å². The van der Waals surface area contributed by atoms with Crippen molar-refractivity contribution >= 4 is 40.5 Å². The minimum Gasteiger partial charge on any atom is -0.355 e. The lowest BCUT2D eigenvalue weighted by Crippen LogP contribution is -2.49. The maximum atomic E-state index is 14.9. The van der Waals surface area contributed by atoms with Crippen molar-refractivity contribution in [1.29, 1.82) is 5.26 Å². The van der Waals surface area contributed by atoms with Crippen molar-refractivity contribution in [2.24, 2.45) is 5.92 Å². The molecule has 0 saturated carbocycles. The van der Waals surface area contributed by atoms with E-state index in [4.69, 9.17) is 17.5 Å². The molecule has 2 aliphatic rings. The van der Waals surface area contributed by atoms with Crippen molar-refractivity contribution in [3.05, 3.63) is 58.9 Å². The Kier molecular flexibility index (Phi) is 6.96. The van der Waals surface area contributed by atoms with E-state index in [0.717, 1.165) is 36.1 Å². The molecule has 2 atom stereocenters. The number of nitriles is 1. The number of amides is 2. The summed E-state index contributed by atoms with van der Waals surface area (Å²) in [5.41, 5.74) is -3.29. The van der Waals surface area contributed by atoms with Gasteiger partial charge in [-0.25, -0.2) is 4.39 Å². The standard InChI is InChI=1S/C25H23F4N5O2S/c1-24(11-14-7-8-32-13-14)22(36)33(16-4-3-15(12-30)19(9-16)25(27,28)29)23(37)34(24)17-5-6-18(20(26)10-17)21(35)31-2/h3-6,9-10,14,32H,7-8,11,13H2,1-2H3,(H,31,35). The average molecular weight is 534 g/mol. The Morgan fingerprint density at radius 1 is 1.27 bits per heavy atom. The number of thiocarbonyl (C=S) groups is 1. The molecule has 0 aromatic heterocycles. The van der Waals surface area contributed by atoms with Gasteiger partial charge in [0.05, 0.1) is 28.4 Å². The van der Waals surface area contributed by atoms with Crippen LogP contribution in [0.2, 0.25) is 0 Å². The minimum absolute atomic E-state index is 0.0703. The van der Waals surface area contributed by atoms with Crippen LogP contribution >= 0.6 is 12.2 Å². The maximum absolute atomic E-state index is 14.9. The number of carbonyl (C=O) groups is 2. The van der Waals surface area contributed by atoms with Crippen LogP contribution in [0.1, 0.15) is 41.3 Å². The first-order valence-electron chi connectivity index (χ1n) is 11.4. The van der Waals surface area contributed by atoms with Gasteiger partial charge in [-0.05, 0) is 87.4 Å². The van der Waals surface area contributed by atoms with Crippen LogP contribution in [-0.4, -0.2) is 42.6 Å². The summed E-state index contributed by atoms with van der Waals surface area (Å²) in [5, 5.41) is 14.6. The number of alkyl halides is 3. The van der Waals surface area contributed by atoms with E-state index in [1.165, 1.54) is 36.2 Å². The molecule has 2 N–H and O–H groups in total. The molecule has 0 bridgehead atoms. The van der Waals surface area contributed by atoms with Crippen LogP contribution in [0.4, 0.5) is 28.9 Å². The molecule has 2 fully saturated rings. The van der Waals surface area contributed by atoms with E-state index in [0.29, 0.717) is 13.0 Å². The van der Waals surface area contributed by atoms with E-state index < -0.39 is 40.5 Å². The maximum Gasteiger partial charge on any atom is 0.417 e. The van der Waals surface area contributed by atoms with Gasteiger partial charge in [0.25, 0.3) is 11.8 Å². The highest BCUT2D eigenvalue weighted by molar-refractivity contribution is 7.81. The minimum atomic E-state index is -4.83. The Balaban J connectivity index is 1.84. The second-order valence-electron chi connectivity index (χ2n) is 9.18. The third-order valence-electron chi connectivity index (χ3n) is 6.76. The van der Waals surface area contributed by atoms with Gasteiger partial charge in [0, 0.05) is 12.7 Å². The summed E-state index contributed by atoms with van der Waals surface area (Å²) in [6.07, 6.45) is -3.75. The number of anilines is 2. The summed E-state index contributed by atoms with van der Waals surface area (Å²) >= 11 is 5.61. The number of nitrogens with zero attached hydrogens (tertiary/aromatic N) is 3. The number of carbonyl (C=O) groups excluding carboxylic acids is 2. The summed E-state index contributed by atoms with van der Waals surface area (Å²) in [6, 6.07) is 8.26. The average Bonchev–Trinajstić information content (AvgIpc) is 3.42. The molecule has 2 aromatic rings. The molecule has 0 radical (unpaired) electrons. The summed E-state index contributed by atoms with van der Waals surface area (Å²) < 4.78 is 55.9. The zero-order chi connectivity index (χ0) is 27.1. The number of hydrogen-bond acceptors (Lipinski definition) is 5. The van der Waals surface area contributed by atoms with Gasteiger partial charge in [0.15, 0.2) is 5.11 Å². The van der Waals surface area contributed by atoms with E-state index in [1.807, 2.05) is 0 Å². The van der Waals surface area contributed by atoms with Crippen molar-refractivity contribution in [2.45, 2.75) is 31.5 Å². The molecule has 4 rings (SSSR count). The molecule has 2 aliphatic heterocycles. The van der Waals surface area contributed by atoms with E-state index in [9.17, 15) is 27.2 Å². The highest BCUT2D eigenvalue weighted by Crippen LogP contribution is 2.43. The zero-order valence-corrected chi connectivity index (χ0v) is 20.8. The molecule has 12 heteroatoms. The van der Waals surface area contributed by atoms with Crippen LogP contribution < -0.4 is 20.4 Å². The Bertz CT molecular complexity index is 1320. The van der Waals surface area contributed by atoms with Crippen molar-refractivity contribution < 1.29 is 27.2 Å². The monoisotopic (exact) mass is 533 g/mol. The highest BCUT2D eigenvalue weighted by Gasteiger charge is 2.54. The van der Waals surface area contributed by atoms with Gasteiger partial charge in [0.2, 0.25) is 0 Å². The first-order chi connectivity index (χ1) is 17.4. The van der Waals surface area contributed by atoms with Gasteiger partial charge in [-0.3, -0.25) is 14.5 Å². The largest absolute Gasteiger partial charge is 0.417 e. The molecule has 37 heavy (non-hydrogen) atoms. The fourth-order valence-electron chi connectivity index (χ4n) is 4.95. The molecule has 7 nitrogen and oxygen atoms in total. The predicted molar refractivity (Wildman–Crippen MR) is 133 cm³/mol. The highest BCUT2D eigenvalue weighted by atomic mass is 32.1. The van der Waals surface area contributed by atoms with E-state index >= 15 is 0 Å². The Morgan fingerprint density at radius 3 is 2.54 bits per heavy atom. The van der Waals surface area contributed by atoms with Crippen LogP contribution in [0.15, 0.2) is 36.4 Å². The molecule has 2 heterocycles. The van der Waals surface area contributed by atoms with Gasteiger partial charge < -0.3 is 15.5 Å². The Labute approximate surface area is 216 Å². The zero-order valence-electron chi connectivity index (χ0n) is 19.9. The van der Waals surface area contributed by atoms with Crippen molar-refractivity contribution in [3.63, 3.8) is 0 Å². The Morgan fingerprint density at radius 2 is 1.97 bits per heavy atom. The normalized spacial score (nSPS) is 21.9. The lowest BCUT2D eigenvalue weighted by atomic mass is 9.86. The summed E-state index contributed by atoms with van der Waals surface area (Å²) in [5.74, 6) is -1.98. The molecule has 2 unspecified atom stereocenters. The van der Waals surface area contributed by atoms with Crippen LogP contribution in [0.25, 0.3) is 0 Å². The van der Waals surface area contributed by atoms with Gasteiger partial charge in [-0.15, -0.1) is 0 Å². The summed E-state index contributed by atoms with van der Waals surface area (Å²) in [7, 11) is 1.36. The van der Waals surface area contributed by atoms with Crippen LogP contribution in [0.5, 0.6) is 0 Å². The molecular formula is C25H23F4N5O2S. The fourth-order valence-corrected chi connectivity index (χ4v) is 5.45. The topological polar surface area (TPSA) is 88.5 Å². The lowest BCUT2D eigenvalue weighted by Gasteiger charge is -2.35. The third kappa shape index (κ3) is 4.65. The summed E-state index contributed by atoms with van der Waals surface area (Å²) in [6.45, 7) is 3.02. The second-order valence-corrected chi connectivity index (χ2v) is 9.54. The van der Waals surface area contributed by atoms with Crippen molar-refractivity contribution in [1.82, 2.24) is 10.6 Å². The first kappa shape index (κ1) is 26.5. The molecule has 2 saturated heterocycles. The fraction of sp³-hybridized carbons (Fsp3) is 0.360. The van der Waals surface area contributed by atoms with Crippen LogP contribution in [0.3, 0.4) is 0 Å². The third-order valence-corrected chi connectivity index (χ3v) is 7.12. The first-order valence-corrected chi connectivity index (χ1v) is 11.9. The molecule has 194 valence electrons. The smallest absolute Gasteiger partial charge is 0.355 e. The molecule has 2 aromatic carbocycles.